The van der Waals surface area contributed by atoms with Gasteiger partial charge in [0, 0.05) is 6.92 Å². The Bertz CT molecular complexity index is 249. The van der Waals surface area contributed by atoms with E-state index < -0.39 is 5.97 Å². The van der Waals surface area contributed by atoms with Crippen LogP contribution >= 0.6 is 12.4 Å². The standard InChI is InChI=1S/C13H25N.C2H4O2.ClH/c1-13(2)7-3-11(4-8-13)12-5-9-14-10-6-12;1-2(3)4;/h11-12,14H,3-10H2,1-2H3;1H3,(H,3,4);1H. The summed E-state index contributed by atoms with van der Waals surface area (Å²) in [6, 6.07) is 0. The molecule has 1 aliphatic heterocycles. The van der Waals surface area contributed by atoms with Crippen LogP contribution in [0.3, 0.4) is 0 Å². The Kier molecular flexibility index (Phi) is 8.67. The fourth-order valence-corrected chi connectivity index (χ4v) is 3.21. The quantitative estimate of drug-likeness (QED) is 0.774. The zero-order valence-corrected chi connectivity index (χ0v) is 13.4. The molecule has 4 heteroatoms. The number of hydrogen-bond donors (Lipinski definition) is 2. The van der Waals surface area contributed by atoms with Crippen molar-refractivity contribution in [1.29, 1.82) is 0 Å². The molecule has 1 saturated heterocycles. The second-order valence-electron chi connectivity index (χ2n) is 6.61. The summed E-state index contributed by atoms with van der Waals surface area (Å²) in [6.07, 6.45) is 8.79. The molecule has 0 spiro atoms. The fourth-order valence-electron chi connectivity index (χ4n) is 3.21. The number of nitrogens with one attached hydrogen (secondary N) is 1. The van der Waals surface area contributed by atoms with E-state index >= 15 is 0 Å². The summed E-state index contributed by atoms with van der Waals surface area (Å²) in [5.74, 6) is 1.28. The van der Waals surface area contributed by atoms with Crippen LogP contribution in [0.25, 0.3) is 0 Å². The molecule has 2 fully saturated rings. The molecule has 114 valence electrons. The maximum absolute atomic E-state index is 9.00. The van der Waals surface area contributed by atoms with E-state index in [9.17, 15) is 0 Å². The average Bonchev–Trinajstić information content (AvgIpc) is 2.29. The lowest BCUT2D eigenvalue weighted by atomic mass is 9.68. The molecule has 0 bridgehead atoms. The van der Waals surface area contributed by atoms with Crippen molar-refractivity contribution in [2.75, 3.05) is 13.1 Å². The van der Waals surface area contributed by atoms with E-state index in [-0.39, 0.29) is 12.4 Å². The average molecular weight is 292 g/mol. The summed E-state index contributed by atoms with van der Waals surface area (Å²) in [6.45, 7) is 8.49. The third kappa shape index (κ3) is 7.78. The predicted octanol–water partition coefficient (Wildman–Crippen LogP) is 3.72. The van der Waals surface area contributed by atoms with Gasteiger partial charge in [0.1, 0.15) is 0 Å². The van der Waals surface area contributed by atoms with Crippen LogP contribution in [0.2, 0.25) is 0 Å². The number of piperidine rings is 1. The Labute approximate surface area is 124 Å². The van der Waals surface area contributed by atoms with E-state index in [0.717, 1.165) is 18.8 Å². The summed E-state index contributed by atoms with van der Waals surface area (Å²) in [5.41, 5.74) is 0.642. The van der Waals surface area contributed by atoms with E-state index in [1.165, 1.54) is 51.6 Å². The van der Waals surface area contributed by atoms with Crippen LogP contribution in [0.4, 0.5) is 0 Å². The Morgan fingerprint density at radius 3 is 1.84 bits per heavy atom. The van der Waals surface area contributed by atoms with Crippen molar-refractivity contribution in [3.8, 4) is 0 Å². The summed E-state index contributed by atoms with van der Waals surface area (Å²) < 4.78 is 0. The maximum Gasteiger partial charge on any atom is 0.300 e. The van der Waals surface area contributed by atoms with Crippen LogP contribution in [0, 0.1) is 17.3 Å². The minimum atomic E-state index is -0.833. The van der Waals surface area contributed by atoms with Gasteiger partial charge in [-0.3, -0.25) is 4.79 Å². The molecule has 0 atom stereocenters. The topological polar surface area (TPSA) is 49.3 Å². The lowest BCUT2D eigenvalue weighted by molar-refractivity contribution is -0.134. The first-order valence-corrected chi connectivity index (χ1v) is 7.31. The number of carboxylic acids is 1. The van der Waals surface area contributed by atoms with Gasteiger partial charge in [-0.2, -0.15) is 0 Å². The largest absolute Gasteiger partial charge is 0.481 e. The van der Waals surface area contributed by atoms with Gasteiger partial charge >= 0.3 is 0 Å². The van der Waals surface area contributed by atoms with Crippen molar-refractivity contribution >= 4 is 18.4 Å². The van der Waals surface area contributed by atoms with Gasteiger partial charge in [0.2, 0.25) is 0 Å². The highest BCUT2D eigenvalue weighted by molar-refractivity contribution is 5.85. The maximum atomic E-state index is 9.00. The highest BCUT2D eigenvalue weighted by atomic mass is 35.5. The zero-order chi connectivity index (χ0) is 13.6. The van der Waals surface area contributed by atoms with Crippen LogP contribution in [0.5, 0.6) is 0 Å². The zero-order valence-electron chi connectivity index (χ0n) is 12.6. The third-order valence-corrected chi connectivity index (χ3v) is 4.43. The van der Waals surface area contributed by atoms with Crippen LogP contribution in [-0.4, -0.2) is 24.2 Å². The van der Waals surface area contributed by atoms with Gasteiger partial charge in [0.25, 0.3) is 5.97 Å². The van der Waals surface area contributed by atoms with Crippen LogP contribution < -0.4 is 5.32 Å². The van der Waals surface area contributed by atoms with Gasteiger partial charge in [0.05, 0.1) is 0 Å². The van der Waals surface area contributed by atoms with Gasteiger partial charge in [-0.05, 0) is 68.9 Å². The van der Waals surface area contributed by atoms with Crippen molar-refractivity contribution in [2.45, 2.75) is 59.3 Å². The number of hydrogen-bond acceptors (Lipinski definition) is 2. The summed E-state index contributed by atoms with van der Waals surface area (Å²) in [4.78, 5) is 9.00. The highest BCUT2D eigenvalue weighted by Gasteiger charge is 2.31. The molecule has 0 aromatic rings. The molecule has 0 aromatic carbocycles. The molecular formula is C15H30ClNO2. The lowest BCUT2D eigenvalue weighted by Crippen LogP contribution is -2.34. The Hall–Kier alpha value is -0.280. The Balaban J connectivity index is 0.000000576. The van der Waals surface area contributed by atoms with Gasteiger partial charge < -0.3 is 10.4 Å². The number of carbonyl (C=O) groups is 1. The van der Waals surface area contributed by atoms with E-state index in [2.05, 4.69) is 19.2 Å². The predicted molar refractivity (Wildman–Crippen MR) is 81.9 cm³/mol. The molecule has 0 amide bonds. The summed E-state index contributed by atoms with van der Waals surface area (Å²) in [5, 5.41) is 10.9. The molecule has 2 N–H and O–H groups in total. The normalized spacial score (nSPS) is 23.7. The van der Waals surface area contributed by atoms with E-state index in [1.54, 1.807) is 0 Å². The number of halogens is 1. The smallest absolute Gasteiger partial charge is 0.300 e. The molecular weight excluding hydrogens is 262 g/mol. The first-order chi connectivity index (χ1) is 8.41. The summed E-state index contributed by atoms with van der Waals surface area (Å²) >= 11 is 0. The molecule has 2 aliphatic rings. The molecule has 3 nitrogen and oxygen atoms in total. The molecule has 0 radical (unpaired) electrons. The fraction of sp³-hybridized carbons (Fsp3) is 0.933. The molecule has 2 rings (SSSR count). The van der Waals surface area contributed by atoms with E-state index in [4.69, 9.17) is 9.90 Å². The number of aliphatic carboxylic acids is 1. The number of carboxylic acid groups (broad SMARTS) is 1. The van der Waals surface area contributed by atoms with Crippen molar-refractivity contribution in [3.05, 3.63) is 0 Å². The van der Waals surface area contributed by atoms with Crippen LogP contribution in [0.1, 0.15) is 59.3 Å². The van der Waals surface area contributed by atoms with Crippen LogP contribution in [-0.2, 0) is 4.79 Å². The Morgan fingerprint density at radius 2 is 1.42 bits per heavy atom. The second-order valence-corrected chi connectivity index (χ2v) is 6.61. The molecule has 0 unspecified atom stereocenters. The van der Waals surface area contributed by atoms with E-state index in [1.807, 2.05) is 0 Å². The molecule has 1 aliphatic carbocycles. The summed E-state index contributed by atoms with van der Waals surface area (Å²) in [7, 11) is 0. The van der Waals surface area contributed by atoms with Crippen molar-refractivity contribution < 1.29 is 9.90 Å². The van der Waals surface area contributed by atoms with E-state index in [0.29, 0.717) is 5.41 Å². The van der Waals surface area contributed by atoms with Gasteiger partial charge in [0.15, 0.2) is 0 Å². The van der Waals surface area contributed by atoms with Gasteiger partial charge in [-0.15, -0.1) is 12.4 Å². The molecule has 1 heterocycles. The van der Waals surface area contributed by atoms with Crippen LogP contribution in [0.15, 0.2) is 0 Å². The second kappa shape index (κ2) is 8.80. The SMILES string of the molecule is CC(=O)O.CC1(C)CCC(C2CCNCC2)CC1.Cl. The van der Waals surface area contributed by atoms with Crippen molar-refractivity contribution in [1.82, 2.24) is 5.32 Å². The minimum Gasteiger partial charge on any atom is -0.481 e. The first-order valence-electron chi connectivity index (χ1n) is 7.31. The third-order valence-electron chi connectivity index (χ3n) is 4.43. The highest BCUT2D eigenvalue weighted by Crippen LogP contribution is 2.42. The first kappa shape index (κ1) is 18.7. The molecule has 0 aromatic heterocycles. The minimum absolute atomic E-state index is 0. The van der Waals surface area contributed by atoms with Gasteiger partial charge in [-0.1, -0.05) is 13.8 Å². The monoisotopic (exact) mass is 291 g/mol. The van der Waals surface area contributed by atoms with Crippen molar-refractivity contribution in [3.63, 3.8) is 0 Å². The lowest BCUT2D eigenvalue weighted by Gasteiger charge is -2.39. The Morgan fingerprint density at radius 1 is 1.05 bits per heavy atom. The number of rotatable bonds is 1. The molecule has 19 heavy (non-hydrogen) atoms. The van der Waals surface area contributed by atoms with Crippen molar-refractivity contribution in [2.24, 2.45) is 17.3 Å². The molecule has 1 saturated carbocycles. The van der Waals surface area contributed by atoms with Gasteiger partial charge in [-0.25, -0.2) is 0 Å².